The van der Waals surface area contributed by atoms with Gasteiger partial charge in [-0.1, -0.05) is 128 Å². The number of hydrogen-bond donors (Lipinski definition) is 1. The first-order valence-electron chi connectivity index (χ1n) is 3.30. The normalized spacial score (nSPS) is 16.2. The molecule has 0 aromatic heterocycles. The molecule has 0 atom stereocenters. The van der Waals surface area contributed by atoms with E-state index in [-0.39, 0.29) is 0 Å². The lowest BCUT2D eigenvalue weighted by molar-refractivity contribution is 0.0603. The molecule has 0 unspecified atom stereocenters. The van der Waals surface area contributed by atoms with Crippen LogP contribution >= 0.6 is 128 Å². The summed E-state index contributed by atoms with van der Waals surface area (Å²) < 4.78 is -10.8. The maximum atomic E-state index is 9.71. The van der Waals surface area contributed by atoms with Gasteiger partial charge in [-0.05, 0) is 0 Å². The van der Waals surface area contributed by atoms with Crippen LogP contribution in [0.25, 0.3) is 0 Å². The highest BCUT2D eigenvalue weighted by Gasteiger charge is 2.79. The predicted molar refractivity (Wildman–Crippen MR) is 80.0 cm³/mol. The predicted octanol–water partition coefficient (Wildman–Crippen LogP) is 6.21. The molecule has 0 aromatic carbocycles. The van der Waals surface area contributed by atoms with Crippen molar-refractivity contribution in [1.82, 2.24) is 0 Å². The number of halogens is 11. The van der Waals surface area contributed by atoms with Crippen LogP contribution in [-0.2, 0) is 0 Å². The first kappa shape index (κ1) is 20.1. The second kappa shape index (κ2) is 5.74. The molecule has 0 aliphatic rings. The van der Waals surface area contributed by atoms with Gasteiger partial charge in [0.05, 0.1) is 0 Å². The topological polar surface area (TPSA) is 20.2 Å². The molecule has 12 heteroatoms. The third-order valence-electron chi connectivity index (χ3n) is 1.73. The maximum Gasteiger partial charge on any atom is 0.233 e. The van der Waals surface area contributed by atoms with E-state index < -0.39 is 21.3 Å². The fraction of sp³-hybridized carbons (Fsp3) is 1.00. The van der Waals surface area contributed by atoms with Gasteiger partial charge in [0.1, 0.15) is 0 Å². The maximum absolute atomic E-state index is 9.71. The monoisotopic (exact) mass is 462 g/mol. The van der Waals surface area contributed by atoms with Gasteiger partial charge in [-0.3, -0.25) is 0 Å². The summed E-state index contributed by atoms with van der Waals surface area (Å²) in [5, 5.41) is 9.71. The summed E-state index contributed by atoms with van der Waals surface area (Å²) in [6.45, 7) is 0. The summed E-state index contributed by atoms with van der Waals surface area (Å²) in [6, 6.07) is 0. The smallest absolute Gasteiger partial charge is 0.233 e. The van der Waals surface area contributed by atoms with Crippen molar-refractivity contribution in [3.8, 4) is 0 Å². The van der Waals surface area contributed by atoms with E-state index in [1.807, 2.05) is 0 Å². The molecule has 1 nitrogen and oxygen atoms in total. The molecule has 0 bridgehead atoms. The van der Waals surface area contributed by atoms with Gasteiger partial charge in [-0.2, -0.15) is 0 Å². The highest BCUT2D eigenvalue weighted by molar-refractivity contribution is 6.79. The van der Waals surface area contributed by atoms with E-state index in [0.29, 0.717) is 0 Å². The second-order valence-corrected chi connectivity index (χ2v) is 10.9. The number of rotatable bonds is 1. The molecule has 17 heavy (non-hydrogen) atoms. The molecular formula is C5HCl11O. The van der Waals surface area contributed by atoms with Gasteiger partial charge in [-0.15, -0.1) is 0 Å². The van der Waals surface area contributed by atoms with Crippen LogP contribution in [0.15, 0.2) is 0 Å². The average molecular weight is 467 g/mol. The highest BCUT2D eigenvalue weighted by Crippen LogP contribution is 2.72. The second-order valence-electron chi connectivity index (χ2n) is 2.78. The third-order valence-corrected chi connectivity index (χ3v) is 4.85. The average Bonchev–Trinajstić information content (AvgIpc) is 1.67. The van der Waals surface area contributed by atoms with Gasteiger partial charge in [0.2, 0.25) is 15.9 Å². The quantitative estimate of drug-likeness (QED) is 0.455. The Morgan fingerprint density at radius 2 is 0.647 bits per heavy atom. The largest absolute Gasteiger partial charge is 0.362 e. The SMILES string of the molecule is OC(Cl)(Cl)C(C(Cl)(Cl)Cl)(C(Cl)(Cl)Cl)C(Cl)(Cl)Cl. The molecular weight excluding hydrogens is 466 g/mol. The Kier molecular flexibility index (Phi) is 6.80. The first-order valence-corrected chi connectivity index (χ1v) is 7.46. The Labute approximate surface area is 152 Å². The molecule has 0 amide bonds. The fourth-order valence-electron chi connectivity index (χ4n) is 0.994. The van der Waals surface area contributed by atoms with Crippen LogP contribution in [0, 0.1) is 5.41 Å². The van der Waals surface area contributed by atoms with Crippen molar-refractivity contribution < 1.29 is 5.11 Å². The molecule has 0 aliphatic heterocycles. The van der Waals surface area contributed by atoms with E-state index in [1.165, 1.54) is 0 Å². The van der Waals surface area contributed by atoms with Gasteiger partial charge in [0.15, 0.2) is 5.41 Å². The van der Waals surface area contributed by atoms with Crippen molar-refractivity contribution in [2.24, 2.45) is 5.41 Å². The van der Waals surface area contributed by atoms with Gasteiger partial charge in [0, 0.05) is 0 Å². The zero-order valence-electron chi connectivity index (χ0n) is 7.10. The number of hydrogen-bond acceptors (Lipinski definition) is 1. The lowest BCUT2D eigenvalue weighted by Crippen LogP contribution is -2.65. The van der Waals surface area contributed by atoms with E-state index in [2.05, 4.69) is 0 Å². The van der Waals surface area contributed by atoms with Crippen molar-refractivity contribution >= 4 is 128 Å². The van der Waals surface area contributed by atoms with Crippen LogP contribution < -0.4 is 0 Å². The van der Waals surface area contributed by atoms with Gasteiger partial charge in [-0.25, -0.2) is 0 Å². The molecule has 0 rings (SSSR count). The van der Waals surface area contributed by atoms with Crippen molar-refractivity contribution in [2.75, 3.05) is 0 Å². The molecule has 1 N–H and O–H groups in total. The Hall–Kier alpha value is 3.15. The molecule has 0 aromatic rings. The van der Waals surface area contributed by atoms with E-state index in [9.17, 15) is 5.11 Å². The van der Waals surface area contributed by atoms with Crippen molar-refractivity contribution in [3.63, 3.8) is 0 Å². The summed E-state index contributed by atoms with van der Waals surface area (Å²) in [6.07, 6.45) is 0. The Bertz CT molecular complexity index is 213. The van der Waals surface area contributed by atoms with Gasteiger partial charge < -0.3 is 5.11 Å². The summed E-state index contributed by atoms with van der Waals surface area (Å²) >= 11 is 61.4. The van der Waals surface area contributed by atoms with E-state index in [1.54, 1.807) is 0 Å². The van der Waals surface area contributed by atoms with Gasteiger partial charge >= 0.3 is 0 Å². The third kappa shape index (κ3) is 3.67. The van der Waals surface area contributed by atoms with Crippen molar-refractivity contribution in [1.29, 1.82) is 0 Å². The van der Waals surface area contributed by atoms with Crippen LogP contribution in [0.2, 0.25) is 0 Å². The van der Waals surface area contributed by atoms with Crippen LogP contribution in [0.4, 0.5) is 0 Å². The minimum Gasteiger partial charge on any atom is -0.362 e. The van der Waals surface area contributed by atoms with E-state index in [4.69, 9.17) is 128 Å². The molecule has 0 fully saturated rings. The van der Waals surface area contributed by atoms with Gasteiger partial charge in [0.25, 0.3) is 0 Å². The lowest BCUT2D eigenvalue weighted by Gasteiger charge is -2.52. The number of alkyl halides is 11. The standard InChI is InChI=1S/C5HCl11O/c6-2(7,8)1(3(9,10)11,4(12,13)14)5(15,16)17/h17H. The van der Waals surface area contributed by atoms with Crippen LogP contribution in [-0.4, -0.2) is 21.0 Å². The highest BCUT2D eigenvalue weighted by atomic mass is 35.6. The molecule has 0 radical (unpaired) electrons. The Balaban J connectivity index is 6.37. The summed E-state index contributed by atoms with van der Waals surface area (Å²) in [4.78, 5) is 0. The molecule has 0 heterocycles. The summed E-state index contributed by atoms with van der Waals surface area (Å²) in [5.74, 6) is 0. The molecule has 0 saturated heterocycles. The van der Waals surface area contributed by atoms with Crippen LogP contribution in [0.1, 0.15) is 0 Å². The van der Waals surface area contributed by atoms with E-state index in [0.717, 1.165) is 0 Å². The van der Waals surface area contributed by atoms with Crippen molar-refractivity contribution in [3.05, 3.63) is 0 Å². The Morgan fingerprint density at radius 1 is 0.471 bits per heavy atom. The van der Waals surface area contributed by atoms with Crippen LogP contribution in [0.5, 0.6) is 0 Å². The first-order chi connectivity index (χ1) is 7.00. The lowest BCUT2D eigenvalue weighted by atomic mass is 9.94. The minimum atomic E-state index is -2.98. The zero-order valence-corrected chi connectivity index (χ0v) is 15.4. The fourth-order valence-corrected chi connectivity index (χ4v) is 7.80. The summed E-state index contributed by atoms with van der Waals surface area (Å²) in [5.41, 5.74) is -2.77. The number of aliphatic hydroxyl groups is 1. The minimum absolute atomic E-state index is 2.62. The molecule has 0 saturated carbocycles. The van der Waals surface area contributed by atoms with E-state index >= 15 is 0 Å². The van der Waals surface area contributed by atoms with Crippen molar-refractivity contribution in [2.45, 2.75) is 15.9 Å². The molecule has 104 valence electrons. The Morgan fingerprint density at radius 3 is 0.647 bits per heavy atom. The zero-order chi connectivity index (χ0) is 14.5. The molecule has 0 aliphatic carbocycles. The van der Waals surface area contributed by atoms with Crippen LogP contribution in [0.3, 0.4) is 0 Å². The summed E-state index contributed by atoms with van der Waals surface area (Å²) in [7, 11) is 0. The molecule has 0 spiro atoms.